The largest absolute Gasteiger partial charge is 0.371 e. The Balaban J connectivity index is 1.35. The van der Waals surface area contributed by atoms with E-state index >= 15 is 0 Å². The molecule has 1 saturated heterocycles. The predicted octanol–water partition coefficient (Wildman–Crippen LogP) is 5.47. The molecule has 170 valence electrons. The van der Waals surface area contributed by atoms with Crippen molar-refractivity contribution in [2.45, 2.75) is 33.2 Å². The van der Waals surface area contributed by atoms with Gasteiger partial charge in [-0.2, -0.15) is 0 Å². The van der Waals surface area contributed by atoms with Gasteiger partial charge in [0.05, 0.1) is 0 Å². The van der Waals surface area contributed by atoms with Crippen LogP contribution < -0.4 is 15.5 Å². The normalized spacial score (nSPS) is 15.8. The molecule has 2 heterocycles. The van der Waals surface area contributed by atoms with Crippen molar-refractivity contribution in [1.82, 2.24) is 9.47 Å². The van der Waals surface area contributed by atoms with E-state index in [1.165, 1.54) is 24.0 Å². The Morgan fingerprint density at radius 3 is 2.47 bits per heavy atom. The molecule has 0 radical (unpaired) electrons. The van der Waals surface area contributed by atoms with Gasteiger partial charge in [-0.1, -0.05) is 13.8 Å². The zero-order chi connectivity index (χ0) is 22.7. The van der Waals surface area contributed by atoms with E-state index in [1.807, 2.05) is 24.3 Å². The van der Waals surface area contributed by atoms with Gasteiger partial charge in [0.1, 0.15) is 0 Å². The molecule has 2 N–H and O–H groups in total. The topological polar surface area (TPSA) is 52.5 Å². The van der Waals surface area contributed by atoms with E-state index in [9.17, 15) is 4.79 Å². The molecular weight excluding hydrogens is 398 g/mol. The van der Waals surface area contributed by atoms with Crippen molar-refractivity contribution in [3.8, 4) is 0 Å². The number of amides is 2. The van der Waals surface area contributed by atoms with Gasteiger partial charge in [0.2, 0.25) is 0 Å². The van der Waals surface area contributed by atoms with Gasteiger partial charge in [-0.3, -0.25) is 0 Å². The Hall–Kier alpha value is -2.99. The third-order valence-electron chi connectivity index (χ3n) is 6.21. The number of anilines is 3. The molecule has 1 aliphatic heterocycles. The van der Waals surface area contributed by atoms with Gasteiger partial charge in [-0.25, -0.2) is 4.79 Å². The summed E-state index contributed by atoms with van der Waals surface area (Å²) in [5.74, 6) is 0. The first-order chi connectivity index (χ1) is 15.3. The summed E-state index contributed by atoms with van der Waals surface area (Å²) in [6, 6.07) is 16.0. The third kappa shape index (κ3) is 5.43. The Kier molecular flexibility index (Phi) is 6.42. The first kappa shape index (κ1) is 22.2. The van der Waals surface area contributed by atoms with Crippen molar-refractivity contribution >= 4 is 34.0 Å². The SMILES string of the molecule is CN(C)CCn1ccc2cc(NC(=O)Nc3ccc(N4CCCC(C)(C)C4)cc3)ccc21. The summed E-state index contributed by atoms with van der Waals surface area (Å²) in [6.45, 7) is 8.75. The standard InChI is InChI=1S/C26H35N5O/c1-26(2)13-5-14-31(19-26)23-9-6-21(7-10-23)27-25(32)28-22-8-11-24-20(18-22)12-15-30(24)17-16-29(3)4/h6-12,15,18H,5,13-14,16-17,19H2,1-4H3,(H2,27,28,32). The molecule has 2 amide bonds. The molecule has 0 unspecified atom stereocenters. The van der Waals surface area contributed by atoms with Gasteiger partial charge in [-0.15, -0.1) is 0 Å². The summed E-state index contributed by atoms with van der Waals surface area (Å²) in [7, 11) is 4.16. The molecule has 32 heavy (non-hydrogen) atoms. The number of piperidine rings is 1. The quantitative estimate of drug-likeness (QED) is 0.542. The van der Waals surface area contributed by atoms with Crippen molar-refractivity contribution in [2.75, 3.05) is 49.3 Å². The van der Waals surface area contributed by atoms with Gasteiger partial charge in [0.25, 0.3) is 0 Å². The lowest BCUT2D eigenvalue weighted by Gasteiger charge is -2.39. The van der Waals surface area contributed by atoms with Gasteiger partial charge in [0.15, 0.2) is 0 Å². The maximum absolute atomic E-state index is 12.5. The molecule has 2 aromatic carbocycles. The van der Waals surface area contributed by atoms with Crippen LogP contribution in [0.1, 0.15) is 26.7 Å². The van der Waals surface area contributed by atoms with Crippen LogP contribution in [0.3, 0.4) is 0 Å². The highest BCUT2D eigenvalue weighted by Crippen LogP contribution is 2.32. The molecule has 0 spiro atoms. The second-order valence-corrected chi connectivity index (χ2v) is 9.90. The zero-order valence-electron chi connectivity index (χ0n) is 19.7. The highest BCUT2D eigenvalue weighted by molar-refractivity contribution is 6.01. The number of nitrogens with one attached hydrogen (secondary N) is 2. The van der Waals surface area contributed by atoms with Crippen molar-refractivity contribution < 1.29 is 4.79 Å². The van der Waals surface area contributed by atoms with Crippen LogP contribution in [0.2, 0.25) is 0 Å². The molecule has 0 atom stereocenters. The average molecular weight is 434 g/mol. The van der Waals surface area contributed by atoms with E-state index in [1.54, 1.807) is 0 Å². The van der Waals surface area contributed by atoms with Gasteiger partial charge >= 0.3 is 6.03 Å². The number of hydrogen-bond acceptors (Lipinski definition) is 3. The van der Waals surface area contributed by atoms with Crippen molar-refractivity contribution in [1.29, 1.82) is 0 Å². The van der Waals surface area contributed by atoms with Crippen LogP contribution in [-0.2, 0) is 6.54 Å². The van der Waals surface area contributed by atoms with Crippen LogP contribution in [0, 0.1) is 5.41 Å². The van der Waals surface area contributed by atoms with Gasteiger partial charge in [-0.05, 0) is 80.9 Å². The van der Waals surface area contributed by atoms with Crippen LogP contribution in [0.5, 0.6) is 0 Å². The van der Waals surface area contributed by atoms with Crippen LogP contribution in [-0.4, -0.2) is 49.2 Å². The number of carbonyl (C=O) groups is 1. The van der Waals surface area contributed by atoms with E-state index in [0.29, 0.717) is 5.41 Å². The van der Waals surface area contributed by atoms with Crippen molar-refractivity contribution in [2.24, 2.45) is 5.41 Å². The molecule has 6 heteroatoms. The van der Waals surface area contributed by atoms with Crippen LogP contribution in [0.15, 0.2) is 54.7 Å². The Labute approximate surface area is 191 Å². The summed E-state index contributed by atoms with van der Waals surface area (Å²) in [5.41, 5.74) is 4.32. The lowest BCUT2D eigenvalue weighted by Crippen LogP contribution is -2.40. The number of rotatable bonds is 6. The summed E-state index contributed by atoms with van der Waals surface area (Å²) >= 11 is 0. The number of nitrogens with zero attached hydrogens (tertiary/aromatic N) is 3. The van der Waals surface area contributed by atoms with E-state index in [0.717, 1.165) is 42.9 Å². The fourth-order valence-electron chi connectivity index (χ4n) is 4.47. The van der Waals surface area contributed by atoms with E-state index in [4.69, 9.17) is 0 Å². The summed E-state index contributed by atoms with van der Waals surface area (Å²) < 4.78 is 2.24. The van der Waals surface area contributed by atoms with Crippen molar-refractivity contribution in [3.05, 3.63) is 54.7 Å². The Morgan fingerprint density at radius 2 is 1.75 bits per heavy atom. The molecule has 0 saturated carbocycles. The highest BCUT2D eigenvalue weighted by atomic mass is 16.2. The summed E-state index contributed by atoms with van der Waals surface area (Å²) in [4.78, 5) is 17.1. The number of benzene rings is 2. The number of aromatic nitrogens is 1. The fraction of sp³-hybridized carbons (Fsp3) is 0.423. The maximum atomic E-state index is 12.5. The van der Waals surface area contributed by atoms with Crippen molar-refractivity contribution in [3.63, 3.8) is 0 Å². The van der Waals surface area contributed by atoms with Crippen LogP contribution in [0.4, 0.5) is 21.9 Å². The van der Waals surface area contributed by atoms with Crippen LogP contribution in [0.25, 0.3) is 10.9 Å². The highest BCUT2D eigenvalue weighted by Gasteiger charge is 2.26. The monoisotopic (exact) mass is 433 g/mol. The number of carbonyl (C=O) groups excluding carboxylic acids is 1. The van der Waals surface area contributed by atoms with Gasteiger partial charge < -0.3 is 25.0 Å². The number of urea groups is 1. The Morgan fingerprint density at radius 1 is 1.03 bits per heavy atom. The smallest absolute Gasteiger partial charge is 0.323 e. The molecule has 1 fully saturated rings. The minimum absolute atomic E-state index is 0.233. The molecule has 4 rings (SSSR count). The zero-order valence-corrected chi connectivity index (χ0v) is 19.7. The van der Waals surface area contributed by atoms with E-state index < -0.39 is 0 Å². The van der Waals surface area contributed by atoms with E-state index in [2.05, 4.69) is 83.4 Å². The molecular formula is C26H35N5O. The lowest BCUT2D eigenvalue weighted by atomic mass is 9.84. The molecule has 1 aliphatic rings. The number of hydrogen-bond donors (Lipinski definition) is 2. The molecule has 1 aromatic heterocycles. The average Bonchev–Trinajstić information content (AvgIpc) is 3.14. The number of fused-ring (bicyclic) bond motifs is 1. The second-order valence-electron chi connectivity index (χ2n) is 9.90. The molecule has 0 bridgehead atoms. The molecule has 3 aromatic rings. The predicted molar refractivity (Wildman–Crippen MR) is 135 cm³/mol. The fourth-order valence-corrected chi connectivity index (χ4v) is 4.47. The number of likely N-dealkylation sites (N-methyl/N-ethyl adjacent to an activating group) is 1. The summed E-state index contributed by atoms with van der Waals surface area (Å²) in [6.07, 6.45) is 4.59. The Bertz CT molecular complexity index is 1070. The van der Waals surface area contributed by atoms with E-state index in [-0.39, 0.29) is 6.03 Å². The first-order valence-corrected chi connectivity index (χ1v) is 11.5. The maximum Gasteiger partial charge on any atom is 0.323 e. The minimum atomic E-state index is -0.233. The second kappa shape index (κ2) is 9.25. The third-order valence-corrected chi connectivity index (χ3v) is 6.21. The first-order valence-electron chi connectivity index (χ1n) is 11.5. The molecule has 6 nitrogen and oxygen atoms in total. The molecule has 0 aliphatic carbocycles. The van der Waals surface area contributed by atoms with Crippen LogP contribution >= 0.6 is 0 Å². The lowest BCUT2D eigenvalue weighted by molar-refractivity contribution is 0.262. The summed E-state index contributed by atoms with van der Waals surface area (Å²) in [5, 5.41) is 7.02. The minimum Gasteiger partial charge on any atom is -0.371 e. The van der Waals surface area contributed by atoms with Gasteiger partial charge in [0, 0.05) is 60.3 Å².